The molecule has 0 amide bonds. The summed E-state index contributed by atoms with van der Waals surface area (Å²) in [5.74, 6) is -0.282. The summed E-state index contributed by atoms with van der Waals surface area (Å²) in [6, 6.07) is 9.49. The van der Waals surface area contributed by atoms with Gasteiger partial charge in [-0.05, 0) is 55.2 Å². The second kappa shape index (κ2) is 6.33. The smallest absolute Gasteiger partial charge is 0.173 e. The maximum absolute atomic E-state index is 13.7. The zero-order chi connectivity index (χ0) is 19.6. The van der Waals surface area contributed by atoms with Gasteiger partial charge in [-0.1, -0.05) is 17.7 Å². The van der Waals surface area contributed by atoms with Crippen molar-refractivity contribution in [1.82, 2.24) is 0 Å². The van der Waals surface area contributed by atoms with Gasteiger partial charge in [0.25, 0.3) is 0 Å². The van der Waals surface area contributed by atoms with E-state index in [4.69, 9.17) is 21.1 Å². The SMILES string of the molecule is Cc1ccc(Oc2ccc(Cl)c(F)c2)cc1C1=C(O)[C@H]2[C@@H](C1=O)[C@@H]1CC[C@H]2O1. The molecule has 1 aliphatic carbocycles. The molecule has 2 aromatic rings. The highest BCUT2D eigenvalue weighted by Gasteiger charge is 2.59. The molecule has 144 valence electrons. The van der Waals surface area contributed by atoms with Crippen molar-refractivity contribution >= 4 is 23.0 Å². The summed E-state index contributed by atoms with van der Waals surface area (Å²) in [6.07, 6.45) is 1.57. The van der Waals surface area contributed by atoms with Crippen LogP contribution in [-0.2, 0) is 9.53 Å². The van der Waals surface area contributed by atoms with Gasteiger partial charge in [0.15, 0.2) is 5.78 Å². The molecule has 28 heavy (non-hydrogen) atoms. The molecule has 2 bridgehead atoms. The maximum Gasteiger partial charge on any atom is 0.173 e. The Hall–Kier alpha value is -2.37. The number of allylic oxidation sites excluding steroid dienone is 1. The Kier molecular flexibility index (Phi) is 4.00. The lowest BCUT2D eigenvalue weighted by Gasteiger charge is -2.19. The van der Waals surface area contributed by atoms with Crippen molar-refractivity contribution in [2.45, 2.75) is 32.0 Å². The van der Waals surface area contributed by atoms with Crippen LogP contribution in [-0.4, -0.2) is 23.1 Å². The zero-order valence-corrected chi connectivity index (χ0v) is 15.9. The number of carbonyl (C=O) groups is 1. The molecule has 0 saturated carbocycles. The van der Waals surface area contributed by atoms with Gasteiger partial charge in [-0.15, -0.1) is 0 Å². The molecule has 4 nitrogen and oxygen atoms in total. The number of hydrogen-bond donors (Lipinski definition) is 1. The molecular weight excluding hydrogens is 383 g/mol. The number of aliphatic hydroxyl groups excluding tert-OH is 1. The molecule has 2 aliphatic heterocycles. The standard InChI is InChI=1S/C22H18ClFO4/c1-10-2-3-11(27-12-4-5-14(23)15(24)9-12)8-13(10)18-21(25)19-16-6-7-17(28-16)20(19)22(18)26/h2-5,8-9,16-17,19-20,25H,6-7H2,1H3/t16-,17+,19-,20+/m1/s1. The highest BCUT2D eigenvalue weighted by molar-refractivity contribution is 6.30. The molecule has 0 spiro atoms. The summed E-state index contributed by atoms with van der Waals surface area (Å²) in [5, 5.41) is 10.9. The first-order chi connectivity index (χ1) is 13.4. The average Bonchev–Trinajstić information content (AvgIpc) is 3.34. The highest BCUT2D eigenvalue weighted by Crippen LogP contribution is 2.53. The topological polar surface area (TPSA) is 55.8 Å². The maximum atomic E-state index is 13.7. The Balaban J connectivity index is 1.51. The fourth-order valence-corrected chi connectivity index (χ4v) is 4.82. The number of aliphatic hydroxyl groups is 1. The van der Waals surface area contributed by atoms with Crippen molar-refractivity contribution in [2.24, 2.45) is 11.8 Å². The quantitative estimate of drug-likeness (QED) is 0.766. The van der Waals surface area contributed by atoms with Gasteiger partial charge < -0.3 is 14.6 Å². The lowest BCUT2D eigenvalue weighted by molar-refractivity contribution is -0.118. The van der Waals surface area contributed by atoms with E-state index in [0.29, 0.717) is 22.6 Å². The van der Waals surface area contributed by atoms with Crippen molar-refractivity contribution in [3.05, 3.63) is 64.1 Å². The molecule has 2 aromatic carbocycles. The summed E-state index contributed by atoms with van der Waals surface area (Å²) in [4.78, 5) is 13.1. The van der Waals surface area contributed by atoms with Crippen LogP contribution in [0, 0.1) is 24.6 Å². The third-order valence-corrected chi connectivity index (χ3v) is 6.31. The van der Waals surface area contributed by atoms with Gasteiger partial charge in [0.05, 0.1) is 34.6 Å². The summed E-state index contributed by atoms with van der Waals surface area (Å²) >= 11 is 5.71. The Morgan fingerprint density at radius 3 is 2.50 bits per heavy atom. The van der Waals surface area contributed by atoms with Gasteiger partial charge in [0.2, 0.25) is 0 Å². The number of ketones is 1. The molecule has 0 radical (unpaired) electrons. The van der Waals surface area contributed by atoms with Crippen LogP contribution < -0.4 is 4.74 Å². The number of fused-ring (bicyclic) bond motifs is 5. The molecule has 0 unspecified atom stereocenters. The van der Waals surface area contributed by atoms with Crippen molar-refractivity contribution in [1.29, 1.82) is 0 Å². The Labute approximate surface area is 166 Å². The minimum absolute atomic E-state index is 0.0203. The number of ether oxygens (including phenoxy) is 2. The van der Waals surface area contributed by atoms with Gasteiger partial charge in [-0.3, -0.25) is 4.79 Å². The van der Waals surface area contributed by atoms with E-state index in [9.17, 15) is 14.3 Å². The monoisotopic (exact) mass is 400 g/mol. The molecule has 2 saturated heterocycles. The molecule has 4 atom stereocenters. The van der Waals surface area contributed by atoms with Crippen LogP contribution in [0.1, 0.15) is 24.0 Å². The Morgan fingerprint density at radius 2 is 1.79 bits per heavy atom. The van der Waals surface area contributed by atoms with E-state index in [1.807, 2.05) is 13.0 Å². The number of hydrogen-bond acceptors (Lipinski definition) is 4. The summed E-state index contributed by atoms with van der Waals surface area (Å²) in [5.41, 5.74) is 1.86. The minimum atomic E-state index is -0.568. The van der Waals surface area contributed by atoms with Crippen molar-refractivity contribution < 1.29 is 23.8 Å². The Bertz CT molecular complexity index is 1030. The van der Waals surface area contributed by atoms with E-state index in [2.05, 4.69) is 0 Å². The van der Waals surface area contributed by atoms with Crippen molar-refractivity contribution in [3.63, 3.8) is 0 Å². The fourth-order valence-electron chi connectivity index (χ4n) is 4.70. The second-order valence-corrected chi connectivity index (χ2v) is 8.03. The Morgan fingerprint density at radius 1 is 1.11 bits per heavy atom. The van der Waals surface area contributed by atoms with E-state index in [0.717, 1.165) is 18.4 Å². The number of aryl methyl sites for hydroxylation is 1. The third kappa shape index (κ3) is 2.57. The van der Waals surface area contributed by atoms with Gasteiger partial charge >= 0.3 is 0 Å². The molecule has 3 aliphatic rings. The van der Waals surface area contributed by atoms with Crippen molar-refractivity contribution in [2.75, 3.05) is 0 Å². The number of halogens is 2. The van der Waals surface area contributed by atoms with Crippen LogP contribution in [0.5, 0.6) is 11.5 Å². The molecule has 2 fully saturated rings. The third-order valence-electron chi connectivity index (χ3n) is 6.00. The second-order valence-electron chi connectivity index (χ2n) is 7.62. The highest BCUT2D eigenvalue weighted by atomic mass is 35.5. The number of Topliss-reactive ketones (excluding diaryl/α,β-unsaturated/α-hetero) is 1. The first-order valence-electron chi connectivity index (χ1n) is 9.31. The first-order valence-corrected chi connectivity index (χ1v) is 9.68. The van der Waals surface area contributed by atoms with Gasteiger partial charge in [0.1, 0.15) is 23.1 Å². The summed E-state index contributed by atoms with van der Waals surface area (Å²) in [7, 11) is 0. The van der Waals surface area contributed by atoms with Gasteiger partial charge in [0, 0.05) is 6.07 Å². The van der Waals surface area contributed by atoms with Crippen LogP contribution in [0.4, 0.5) is 4.39 Å². The van der Waals surface area contributed by atoms with E-state index >= 15 is 0 Å². The minimum Gasteiger partial charge on any atom is -0.511 e. The molecular formula is C22H18ClFO4. The molecule has 2 heterocycles. The zero-order valence-electron chi connectivity index (χ0n) is 15.1. The summed E-state index contributed by atoms with van der Waals surface area (Å²) < 4.78 is 25.3. The van der Waals surface area contributed by atoms with Crippen LogP contribution in [0.15, 0.2) is 42.2 Å². The first kappa shape index (κ1) is 17.7. The van der Waals surface area contributed by atoms with Crippen LogP contribution in [0.2, 0.25) is 5.02 Å². The molecule has 5 rings (SSSR count). The molecule has 0 aromatic heterocycles. The molecule has 6 heteroatoms. The van der Waals surface area contributed by atoms with Crippen LogP contribution >= 0.6 is 11.6 Å². The number of carbonyl (C=O) groups excluding carboxylic acids is 1. The summed E-state index contributed by atoms with van der Waals surface area (Å²) in [6.45, 7) is 1.88. The lowest BCUT2D eigenvalue weighted by atomic mass is 9.80. The van der Waals surface area contributed by atoms with E-state index < -0.39 is 5.82 Å². The largest absolute Gasteiger partial charge is 0.511 e. The fraction of sp³-hybridized carbons (Fsp3) is 0.318. The number of rotatable bonds is 3. The van der Waals surface area contributed by atoms with Gasteiger partial charge in [-0.2, -0.15) is 0 Å². The van der Waals surface area contributed by atoms with Crippen LogP contribution in [0.25, 0.3) is 5.57 Å². The predicted molar refractivity (Wildman–Crippen MR) is 102 cm³/mol. The molecule has 1 N–H and O–H groups in total. The normalized spacial score (nSPS) is 28.2. The van der Waals surface area contributed by atoms with Gasteiger partial charge in [-0.25, -0.2) is 4.39 Å². The van der Waals surface area contributed by atoms with E-state index in [1.54, 1.807) is 18.2 Å². The predicted octanol–water partition coefficient (Wildman–Crippen LogP) is 5.23. The average molecular weight is 401 g/mol. The van der Waals surface area contributed by atoms with E-state index in [-0.39, 0.29) is 40.6 Å². The van der Waals surface area contributed by atoms with E-state index in [1.165, 1.54) is 12.1 Å². The van der Waals surface area contributed by atoms with Crippen molar-refractivity contribution in [3.8, 4) is 11.5 Å². The lowest BCUT2D eigenvalue weighted by Crippen LogP contribution is -2.29. The number of benzene rings is 2. The van der Waals surface area contributed by atoms with Crippen LogP contribution in [0.3, 0.4) is 0 Å².